The molecule has 5 heteroatoms. The Morgan fingerprint density at radius 1 is 1.31 bits per heavy atom. The van der Waals surface area contributed by atoms with Crippen molar-refractivity contribution in [1.82, 2.24) is 19.9 Å². The lowest BCUT2D eigenvalue weighted by molar-refractivity contribution is -0.137. The van der Waals surface area contributed by atoms with E-state index in [0.717, 1.165) is 32.4 Å². The first-order valence-corrected chi connectivity index (χ1v) is 5.99. The summed E-state index contributed by atoms with van der Waals surface area (Å²) >= 11 is 0. The molecule has 0 aromatic carbocycles. The first-order valence-electron chi connectivity index (χ1n) is 5.99. The minimum Gasteiger partial charge on any atom is -0.340 e. The smallest absolute Gasteiger partial charge is 0.225 e. The SMILES string of the molecule is O=C(C1CCC1)N1CCC(n2ccnn2)C1. The van der Waals surface area contributed by atoms with Gasteiger partial charge in [0.1, 0.15) is 0 Å². The van der Waals surface area contributed by atoms with Crippen molar-refractivity contribution in [3.05, 3.63) is 12.4 Å². The van der Waals surface area contributed by atoms with Crippen LogP contribution in [0.2, 0.25) is 0 Å². The van der Waals surface area contributed by atoms with Crippen LogP contribution in [0.1, 0.15) is 31.7 Å². The van der Waals surface area contributed by atoms with Crippen molar-refractivity contribution < 1.29 is 4.79 Å². The molecule has 1 aliphatic heterocycles. The van der Waals surface area contributed by atoms with Crippen LogP contribution < -0.4 is 0 Å². The summed E-state index contributed by atoms with van der Waals surface area (Å²) in [6, 6.07) is 0.325. The first kappa shape index (κ1) is 9.81. The van der Waals surface area contributed by atoms with Crippen molar-refractivity contribution in [2.75, 3.05) is 13.1 Å². The van der Waals surface area contributed by atoms with Gasteiger partial charge in [-0.1, -0.05) is 11.6 Å². The highest BCUT2D eigenvalue weighted by molar-refractivity contribution is 5.79. The van der Waals surface area contributed by atoms with Crippen molar-refractivity contribution in [1.29, 1.82) is 0 Å². The van der Waals surface area contributed by atoms with Crippen molar-refractivity contribution in [2.45, 2.75) is 31.7 Å². The Labute approximate surface area is 94.4 Å². The molecule has 1 saturated heterocycles. The van der Waals surface area contributed by atoms with E-state index in [1.807, 2.05) is 15.8 Å². The monoisotopic (exact) mass is 220 g/mol. The summed E-state index contributed by atoms with van der Waals surface area (Å²) in [7, 11) is 0. The topological polar surface area (TPSA) is 51.0 Å². The fraction of sp³-hybridized carbons (Fsp3) is 0.727. The highest BCUT2D eigenvalue weighted by Gasteiger charge is 2.34. The largest absolute Gasteiger partial charge is 0.340 e. The zero-order chi connectivity index (χ0) is 11.0. The van der Waals surface area contributed by atoms with E-state index in [4.69, 9.17) is 0 Å². The van der Waals surface area contributed by atoms with Gasteiger partial charge in [-0.05, 0) is 19.3 Å². The second-order valence-electron chi connectivity index (χ2n) is 4.74. The van der Waals surface area contributed by atoms with Crippen LogP contribution in [0.25, 0.3) is 0 Å². The molecule has 2 fully saturated rings. The Hall–Kier alpha value is -1.39. The number of carbonyl (C=O) groups is 1. The zero-order valence-electron chi connectivity index (χ0n) is 9.25. The third-order valence-electron chi connectivity index (χ3n) is 3.74. The molecule has 1 saturated carbocycles. The molecule has 0 spiro atoms. The average Bonchev–Trinajstić information content (AvgIpc) is 2.86. The van der Waals surface area contributed by atoms with Gasteiger partial charge in [-0.3, -0.25) is 4.79 Å². The van der Waals surface area contributed by atoms with Crippen molar-refractivity contribution in [2.24, 2.45) is 5.92 Å². The van der Waals surface area contributed by atoms with Crippen LogP contribution in [0.3, 0.4) is 0 Å². The lowest BCUT2D eigenvalue weighted by Gasteiger charge is -2.29. The van der Waals surface area contributed by atoms with Gasteiger partial charge in [0.15, 0.2) is 0 Å². The predicted molar refractivity (Wildman–Crippen MR) is 57.6 cm³/mol. The molecule has 5 nitrogen and oxygen atoms in total. The lowest BCUT2D eigenvalue weighted by Crippen LogP contribution is -2.37. The zero-order valence-corrected chi connectivity index (χ0v) is 9.25. The van der Waals surface area contributed by atoms with Crippen molar-refractivity contribution >= 4 is 5.91 Å². The summed E-state index contributed by atoms with van der Waals surface area (Å²) in [5, 5.41) is 7.81. The molecule has 1 aromatic rings. The minimum absolute atomic E-state index is 0.314. The van der Waals surface area contributed by atoms with Gasteiger partial charge in [-0.25, -0.2) is 4.68 Å². The Bertz CT molecular complexity index is 371. The number of amides is 1. The van der Waals surface area contributed by atoms with Crippen molar-refractivity contribution in [3.63, 3.8) is 0 Å². The summed E-state index contributed by atoms with van der Waals surface area (Å²) in [5.41, 5.74) is 0. The fourth-order valence-electron chi connectivity index (χ4n) is 2.48. The highest BCUT2D eigenvalue weighted by atomic mass is 16.2. The van der Waals surface area contributed by atoms with Crippen LogP contribution in [0.4, 0.5) is 0 Å². The van der Waals surface area contributed by atoms with Crippen LogP contribution in [0.15, 0.2) is 12.4 Å². The number of nitrogens with zero attached hydrogens (tertiary/aromatic N) is 4. The van der Waals surface area contributed by atoms with E-state index < -0.39 is 0 Å². The van der Waals surface area contributed by atoms with Gasteiger partial charge in [0.05, 0.1) is 12.2 Å². The number of rotatable bonds is 2. The van der Waals surface area contributed by atoms with Crippen LogP contribution in [-0.4, -0.2) is 38.9 Å². The van der Waals surface area contributed by atoms with Gasteiger partial charge in [0.25, 0.3) is 0 Å². The van der Waals surface area contributed by atoms with E-state index in [1.54, 1.807) is 6.20 Å². The summed E-state index contributed by atoms with van der Waals surface area (Å²) in [4.78, 5) is 14.0. The third kappa shape index (κ3) is 1.60. The van der Waals surface area contributed by atoms with Crippen LogP contribution >= 0.6 is 0 Å². The second-order valence-corrected chi connectivity index (χ2v) is 4.74. The molecule has 1 aliphatic carbocycles. The summed E-state index contributed by atoms with van der Waals surface area (Å²) in [6.07, 6.45) is 7.96. The minimum atomic E-state index is 0.314. The number of hydrogen-bond acceptors (Lipinski definition) is 3. The van der Waals surface area contributed by atoms with Gasteiger partial charge in [-0.15, -0.1) is 5.10 Å². The summed E-state index contributed by atoms with van der Waals surface area (Å²) in [5.74, 6) is 0.670. The molecule has 1 aromatic heterocycles. The number of likely N-dealkylation sites (tertiary alicyclic amines) is 1. The van der Waals surface area contributed by atoms with Crippen LogP contribution in [-0.2, 0) is 4.79 Å². The molecule has 0 bridgehead atoms. The molecule has 2 heterocycles. The maximum atomic E-state index is 12.0. The van der Waals surface area contributed by atoms with E-state index in [2.05, 4.69) is 10.3 Å². The number of aromatic nitrogens is 3. The third-order valence-corrected chi connectivity index (χ3v) is 3.74. The summed E-state index contributed by atoms with van der Waals surface area (Å²) < 4.78 is 1.87. The standard InChI is InChI=1S/C11H16N4O/c16-11(9-2-1-3-9)14-6-4-10(8-14)15-7-5-12-13-15/h5,7,9-10H,1-4,6,8H2. The van der Waals surface area contributed by atoms with Gasteiger partial charge >= 0.3 is 0 Å². The Balaban J connectivity index is 1.62. The Morgan fingerprint density at radius 3 is 2.81 bits per heavy atom. The van der Waals surface area contributed by atoms with Crippen molar-refractivity contribution in [3.8, 4) is 0 Å². The predicted octanol–water partition coefficient (Wildman–Crippen LogP) is 0.852. The van der Waals surface area contributed by atoms with E-state index in [-0.39, 0.29) is 0 Å². The molecule has 0 N–H and O–H groups in total. The van der Waals surface area contributed by atoms with Gasteiger partial charge < -0.3 is 4.90 Å². The van der Waals surface area contributed by atoms with Gasteiger partial charge in [0, 0.05) is 25.2 Å². The van der Waals surface area contributed by atoms with E-state index in [1.165, 1.54) is 6.42 Å². The second kappa shape index (κ2) is 3.88. The molecular weight excluding hydrogens is 204 g/mol. The molecule has 3 rings (SSSR count). The molecule has 86 valence electrons. The number of hydrogen-bond donors (Lipinski definition) is 0. The maximum Gasteiger partial charge on any atom is 0.225 e. The van der Waals surface area contributed by atoms with E-state index in [0.29, 0.717) is 17.9 Å². The van der Waals surface area contributed by atoms with E-state index >= 15 is 0 Å². The fourth-order valence-corrected chi connectivity index (χ4v) is 2.48. The summed E-state index contributed by atoms with van der Waals surface area (Å²) in [6.45, 7) is 1.68. The maximum absolute atomic E-state index is 12.0. The van der Waals surface area contributed by atoms with Crippen LogP contribution in [0, 0.1) is 5.92 Å². The molecule has 16 heavy (non-hydrogen) atoms. The highest BCUT2D eigenvalue weighted by Crippen LogP contribution is 2.31. The molecule has 1 amide bonds. The first-order chi connectivity index (χ1) is 7.84. The average molecular weight is 220 g/mol. The quantitative estimate of drug-likeness (QED) is 0.742. The molecular formula is C11H16N4O. The van der Waals surface area contributed by atoms with Gasteiger partial charge in [-0.2, -0.15) is 0 Å². The number of carbonyl (C=O) groups excluding carboxylic acids is 1. The Kier molecular flexibility index (Phi) is 2.38. The molecule has 1 atom stereocenters. The Morgan fingerprint density at radius 2 is 2.19 bits per heavy atom. The molecule has 2 aliphatic rings. The van der Waals surface area contributed by atoms with Gasteiger partial charge in [0.2, 0.25) is 5.91 Å². The lowest BCUT2D eigenvalue weighted by atomic mass is 9.84. The molecule has 0 radical (unpaired) electrons. The molecule has 1 unspecified atom stereocenters. The van der Waals surface area contributed by atoms with Crippen LogP contribution in [0.5, 0.6) is 0 Å². The van der Waals surface area contributed by atoms with E-state index in [9.17, 15) is 4.79 Å². The normalized spacial score (nSPS) is 25.8.